The molecule has 1 N–H and O–H groups in total. The molecule has 9 rings (SSSR count). The number of nitriles is 1. The third kappa shape index (κ3) is 12.1. The predicted octanol–water partition coefficient (Wildman–Crippen LogP) is 11.9. The van der Waals surface area contributed by atoms with E-state index in [0.717, 1.165) is 27.8 Å². The first-order chi connectivity index (χ1) is 37.9. The standard InChI is InChI=1S/C61H68N7O9P/c1-40(2)68(41(3)4)78(75-34-16-33-62)77-53-35-56(76-54(53)37-74-61(43-18-9-8-10-19-43,44-25-29-46(71-6)30-26-44)45-27-31-47(72-7)32-28-45)67-39-65-57-58(63-38-64-59(57)67)66-55(69)24-15-17-42(5)60(70)73-36-52-50-22-13-11-20-48(50)49-21-12-14-23-51(49)52/h8-14,18-23,25-32,38-42,52-54,56H,15-17,24,34-37H2,1-7H3,(H,63,64,66,69)/t42?,53?,54-,56-,78?/m1/s1. The summed E-state index contributed by atoms with van der Waals surface area (Å²) in [5.41, 5.74) is 6.94. The van der Waals surface area contributed by atoms with Crippen molar-refractivity contribution in [2.75, 3.05) is 39.4 Å². The lowest BCUT2D eigenvalue weighted by atomic mass is 9.80. The van der Waals surface area contributed by atoms with Gasteiger partial charge in [0.25, 0.3) is 8.53 Å². The highest BCUT2D eigenvalue weighted by molar-refractivity contribution is 7.44. The monoisotopic (exact) mass is 1070 g/mol. The molecule has 3 unspecified atom stereocenters. The number of hydrogen-bond acceptors (Lipinski definition) is 14. The number of hydrogen-bond donors (Lipinski definition) is 1. The lowest BCUT2D eigenvalue weighted by Crippen LogP contribution is -2.39. The molecule has 0 radical (unpaired) electrons. The zero-order valence-corrected chi connectivity index (χ0v) is 46.2. The van der Waals surface area contributed by atoms with Gasteiger partial charge in [0.1, 0.15) is 42.4 Å². The van der Waals surface area contributed by atoms with Gasteiger partial charge in [-0.25, -0.2) is 19.6 Å². The maximum atomic E-state index is 13.5. The van der Waals surface area contributed by atoms with Crippen molar-refractivity contribution < 1.29 is 42.3 Å². The molecule has 0 saturated carbocycles. The van der Waals surface area contributed by atoms with Gasteiger partial charge in [-0.15, -0.1) is 0 Å². The van der Waals surface area contributed by atoms with Crippen molar-refractivity contribution >= 4 is 37.4 Å². The Balaban J connectivity index is 0.935. The molecule has 5 aromatic carbocycles. The van der Waals surface area contributed by atoms with Gasteiger partial charge < -0.3 is 38.0 Å². The molecule has 7 aromatic rings. The zero-order valence-electron chi connectivity index (χ0n) is 45.3. The number of anilines is 1. The third-order valence-electron chi connectivity index (χ3n) is 14.4. The number of amides is 1. The largest absolute Gasteiger partial charge is 0.497 e. The van der Waals surface area contributed by atoms with Crippen molar-refractivity contribution in [1.29, 1.82) is 5.26 Å². The van der Waals surface area contributed by atoms with Gasteiger partial charge in [0.05, 0.1) is 58.3 Å². The summed E-state index contributed by atoms with van der Waals surface area (Å²) in [6, 6.07) is 44.6. The minimum atomic E-state index is -1.70. The van der Waals surface area contributed by atoms with Crippen LogP contribution in [0.4, 0.5) is 5.82 Å². The molecule has 17 heteroatoms. The Morgan fingerprint density at radius 2 is 1.40 bits per heavy atom. The van der Waals surface area contributed by atoms with Crippen LogP contribution in [0.5, 0.6) is 11.5 Å². The summed E-state index contributed by atoms with van der Waals surface area (Å²) < 4.78 is 49.2. The summed E-state index contributed by atoms with van der Waals surface area (Å²) in [5, 5.41) is 12.5. The van der Waals surface area contributed by atoms with Crippen LogP contribution >= 0.6 is 8.53 Å². The fourth-order valence-electron chi connectivity index (χ4n) is 10.6. The lowest BCUT2D eigenvalue weighted by molar-refractivity contribution is -0.148. The number of nitrogens with zero attached hydrogens (tertiary/aromatic N) is 6. The van der Waals surface area contributed by atoms with Gasteiger partial charge in [0, 0.05) is 30.8 Å². The highest BCUT2D eigenvalue weighted by Gasteiger charge is 2.45. The molecule has 78 heavy (non-hydrogen) atoms. The number of carbonyl (C=O) groups is 2. The van der Waals surface area contributed by atoms with Crippen LogP contribution in [0.15, 0.2) is 140 Å². The Morgan fingerprint density at radius 3 is 2.00 bits per heavy atom. The van der Waals surface area contributed by atoms with Crippen LogP contribution < -0.4 is 14.8 Å². The summed E-state index contributed by atoms with van der Waals surface area (Å²) in [7, 11) is 1.58. The number of fused-ring (bicyclic) bond motifs is 4. The van der Waals surface area contributed by atoms with Gasteiger partial charge in [-0.2, -0.15) is 5.26 Å². The van der Waals surface area contributed by atoms with Gasteiger partial charge in [0.2, 0.25) is 5.91 Å². The average Bonchev–Trinajstić information content (AvgIpc) is 4.33. The molecule has 5 atom stereocenters. The van der Waals surface area contributed by atoms with Crippen LogP contribution in [-0.2, 0) is 38.4 Å². The van der Waals surface area contributed by atoms with Gasteiger partial charge >= 0.3 is 5.97 Å². The van der Waals surface area contributed by atoms with Crippen molar-refractivity contribution in [2.24, 2.45) is 5.92 Å². The number of rotatable bonds is 25. The van der Waals surface area contributed by atoms with E-state index in [-0.39, 0.29) is 68.4 Å². The summed E-state index contributed by atoms with van der Waals surface area (Å²) >= 11 is 0. The van der Waals surface area contributed by atoms with E-state index in [0.29, 0.717) is 41.9 Å². The summed E-state index contributed by atoms with van der Waals surface area (Å²) in [4.78, 5) is 40.6. The summed E-state index contributed by atoms with van der Waals surface area (Å²) in [5.74, 6) is 0.662. The van der Waals surface area contributed by atoms with Crippen LogP contribution in [0.25, 0.3) is 22.3 Å². The van der Waals surface area contributed by atoms with E-state index in [1.807, 2.05) is 115 Å². The molecule has 1 aliphatic carbocycles. The first-order valence-electron chi connectivity index (χ1n) is 26.6. The topological polar surface area (TPSA) is 181 Å². The number of nitrogens with one attached hydrogen (secondary N) is 1. The molecule has 1 saturated heterocycles. The molecular weight excluding hydrogens is 1010 g/mol. The van der Waals surface area contributed by atoms with E-state index in [4.69, 9.17) is 37.7 Å². The molecule has 3 heterocycles. The molecule has 0 bridgehead atoms. The number of methoxy groups -OCH3 is 2. The summed E-state index contributed by atoms with van der Waals surface area (Å²) in [6.07, 6.45) is 2.75. The molecule has 1 aliphatic heterocycles. The van der Waals surface area contributed by atoms with Crippen LogP contribution in [-0.4, -0.2) is 94.4 Å². The van der Waals surface area contributed by atoms with Crippen LogP contribution in [0, 0.1) is 17.2 Å². The van der Waals surface area contributed by atoms with E-state index in [9.17, 15) is 14.9 Å². The van der Waals surface area contributed by atoms with E-state index in [1.54, 1.807) is 20.5 Å². The Bertz CT molecular complexity index is 3070. The van der Waals surface area contributed by atoms with Crippen molar-refractivity contribution in [1.82, 2.24) is 24.2 Å². The Morgan fingerprint density at radius 1 is 0.795 bits per heavy atom. The molecule has 2 aliphatic rings. The minimum absolute atomic E-state index is 0.0291. The van der Waals surface area contributed by atoms with Gasteiger partial charge in [0.15, 0.2) is 17.0 Å². The Hall–Kier alpha value is -7.09. The number of imidazole rings is 1. The number of ether oxygens (including phenoxy) is 5. The SMILES string of the molecule is COc1ccc(C(OC[C@H]2O[C@@H](n3cnc4c(NC(=O)CCCC(C)C(=O)OCC5c6ccccc6-c6ccccc65)ncnc43)CC2OP(OCCC#N)N(C(C)C)C(C)C)(c2ccccc2)c2ccc(OC)cc2)cc1. The fraction of sp³-hybridized carbons (Fsp3) is 0.377. The molecule has 0 spiro atoms. The number of carbonyl (C=O) groups excluding carboxylic acids is 2. The molecular formula is C61H68N7O9P. The zero-order chi connectivity index (χ0) is 54.8. The number of aromatic nitrogens is 4. The van der Waals surface area contributed by atoms with Crippen LogP contribution in [0.1, 0.15) is 107 Å². The highest BCUT2D eigenvalue weighted by atomic mass is 31.2. The van der Waals surface area contributed by atoms with Crippen molar-refractivity contribution in [3.05, 3.63) is 168 Å². The highest BCUT2D eigenvalue weighted by Crippen LogP contribution is 2.51. The molecule has 1 amide bonds. The predicted molar refractivity (Wildman–Crippen MR) is 299 cm³/mol. The van der Waals surface area contributed by atoms with Crippen LogP contribution in [0.3, 0.4) is 0 Å². The maximum Gasteiger partial charge on any atom is 0.308 e. The van der Waals surface area contributed by atoms with E-state index in [1.165, 1.54) is 17.5 Å². The van der Waals surface area contributed by atoms with Crippen LogP contribution in [0.2, 0.25) is 0 Å². The average molecular weight is 1070 g/mol. The maximum absolute atomic E-state index is 13.5. The van der Waals surface area contributed by atoms with Gasteiger partial charge in [-0.3, -0.25) is 14.2 Å². The first-order valence-corrected chi connectivity index (χ1v) is 27.8. The third-order valence-corrected chi connectivity index (χ3v) is 16.6. The first kappa shape index (κ1) is 55.7. The Kier molecular flexibility index (Phi) is 18.3. The van der Waals surface area contributed by atoms with Crippen molar-refractivity contribution in [3.63, 3.8) is 0 Å². The quantitative estimate of drug-likeness (QED) is 0.0247. The van der Waals surface area contributed by atoms with E-state index >= 15 is 0 Å². The molecule has 406 valence electrons. The second-order valence-electron chi connectivity index (χ2n) is 20.1. The number of esters is 1. The second kappa shape index (κ2) is 25.6. The molecule has 2 aromatic heterocycles. The molecule has 16 nitrogen and oxygen atoms in total. The Labute approximate surface area is 458 Å². The normalized spacial score (nSPS) is 17.0. The van der Waals surface area contributed by atoms with Crippen molar-refractivity contribution in [3.8, 4) is 28.7 Å². The fourth-order valence-corrected chi connectivity index (χ4v) is 12.4. The minimum Gasteiger partial charge on any atom is -0.497 e. The second-order valence-corrected chi connectivity index (χ2v) is 21.5. The van der Waals surface area contributed by atoms with Gasteiger partial charge in [-0.1, -0.05) is 110 Å². The summed E-state index contributed by atoms with van der Waals surface area (Å²) in [6.45, 7) is 10.7. The molecule has 1 fully saturated rings. The van der Waals surface area contributed by atoms with E-state index in [2.05, 4.69) is 78.0 Å². The smallest absolute Gasteiger partial charge is 0.308 e. The van der Waals surface area contributed by atoms with Crippen molar-refractivity contribution in [2.45, 2.75) is 109 Å². The number of benzene rings is 5. The lowest BCUT2D eigenvalue weighted by Gasteiger charge is -2.39. The van der Waals surface area contributed by atoms with Gasteiger partial charge in [-0.05, 0) is 104 Å². The van der Waals surface area contributed by atoms with E-state index < -0.39 is 38.5 Å².